The van der Waals surface area contributed by atoms with Crippen LogP contribution in [0.25, 0.3) is 0 Å². The number of benzene rings is 1. The van der Waals surface area contributed by atoms with Crippen molar-refractivity contribution < 1.29 is 18.7 Å². The fourth-order valence-corrected chi connectivity index (χ4v) is 2.81. The van der Waals surface area contributed by atoms with E-state index in [0.29, 0.717) is 29.9 Å². The van der Waals surface area contributed by atoms with Gasteiger partial charge >= 0.3 is 5.97 Å². The summed E-state index contributed by atoms with van der Waals surface area (Å²) in [5.41, 5.74) is 1.39. The summed E-state index contributed by atoms with van der Waals surface area (Å²) in [5.74, 6) is -2.86. The minimum Gasteiger partial charge on any atom is -0.475 e. The highest BCUT2D eigenvalue weighted by molar-refractivity contribution is 5.83. The molecule has 1 N–H and O–H groups in total. The summed E-state index contributed by atoms with van der Waals surface area (Å²) in [6.07, 6.45) is 2.02. The number of aromatic nitrogens is 2. The van der Waals surface area contributed by atoms with Crippen molar-refractivity contribution in [2.45, 2.75) is 25.9 Å². The van der Waals surface area contributed by atoms with E-state index in [2.05, 4.69) is 9.97 Å². The van der Waals surface area contributed by atoms with Gasteiger partial charge in [-0.3, -0.25) is 0 Å². The molecule has 1 aromatic heterocycles. The van der Waals surface area contributed by atoms with Gasteiger partial charge in [0.2, 0.25) is 5.82 Å². The van der Waals surface area contributed by atoms with Crippen LogP contribution >= 0.6 is 0 Å². The molecule has 114 valence electrons. The summed E-state index contributed by atoms with van der Waals surface area (Å²) in [7, 11) is 0. The van der Waals surface area contributed by atoms with Gasteiger partial charge in [-0.05, 0) is 35.7 Å². The predicted octanol–water partition coefficient (Wildman–Crippen LogP) is 2.92. The van der Waals surface area contributed by atoms with Crippen molar-refractivity contribution in [3.63, 3.8) is 0 Å². The zero-order valence-electron chi connectivity index (χ0n) is 11.8. The first-order valence-electron chi connectivity index (χ1n) is 6.82. The number of rotatable bonds is 3. The summed E-state index contributed by atoms with van der Waals surface area (Å²) in [6, 6.07) is 3.81. The smallest absolute Gasteiger partial charge is 0.374 e. The standard InChI is InChI=1S/C15H13F2N3O2/c1-2-12-9-6-11(17)10(16)5-8(9)7-20(12)13-3-4-18-14(19-13)15(21)22/h3-6,12H,2,7H2,1H3,(H,21,22). The highest BCUT2D eigenvalue weighted by atomic mass is 19.2. The Labute approximate surface area is 125 Å². The van der Waals surface area contributed by atoms with Crippen LogP contribution < -0.4 is 4.90 Å². The monoisotopic (exact) mass is 305 g/mol. The summed E-state index contributed by atoms with van der Waals surface area (Å²) in [5, 5.41) is 8.98. The van der Waals surface area contributed by atoms with E-state index in [1.807, 2.05) is 11.8 Å². The first kappa shape index (κ1) is 14.4. The SMILES string of the molecule is CCC1c2cc(F)c(F)cc2CN1c1ccnc(C(=O)O)n1. The molecule has 22 heavy (non-hydrogen) atoms. The Morgan fingerprint density at radius 2 is 2.14 bits per heavy atom. The lowest BCUT2D eigenvalue weighted by atomic mass is 10.0. The number of carboxylic acid groups (broad SMARTS) is 1. The third kappa shape index (κ3) is 2.28. The van der Waals surface area contributed by atoms with Crippen molar-refractivity contribution in [3.8, 4) is 0 Å². The van der Waals surface area contributed by atoms with Crippen molar-refractivity contribution in [2.24, 2.45) is 0 Å². The Balaban J connectivity index is 2.03. The van der Waals surface area contributed by atoms with E-state index in [9.17, 15) is 13.6 Å². The molecule has 7 heteroatoms. The molecule has 0 amide bonds. The van der Waals surface area contributed by atoms with E-state index < -0.39 is 17.6 Å². The minimum atomic E-state index is -1.22. The van der Waals surface area contributed by atoms with Gasteiger partial charge in [0, 0.05) is 12.7 Å². The summed E-state index contributed by atoms with van der Waals surface area (Å²) >= 11 is 0. The van der Waals surface area contributed by atoms with Gasteiger partial charge < -0.3 is 10.0 Å². The topological polar surface area (TPSA) is 66.3 Å². The van der Waals surface area contributed by atoms with E-state index in [1.54, 1.807) is 6.07 Å². The number of fused-ring (bicyclic) bond motifs is 1. The lowest BCUT2D eigenvalue weighted by molar-refractivity contribution is 0.0683. The molecule has 0 fully saturated rings. The maximum Gasteiger partial charge on any atom is 0.374 e. The third-order valence-corrected chi connectivity index (χ3v) is 3.77. The minimum absolute atomic E-state index is 0.179. The van der Waals surface area contributed by atoms with Gasteiger partial charge in [0.05, 0.1) is 6.04 Å². The zero-order valence-corrected chi connectivity index (χ0v) is 11.8. The van der Waals surface area contributed by atoms with Gasteiger partial charge in [0.1, 0.15) is 5.82 Å². The highest BCUT2D eigenvalue weighted by Crippen LogP contribution is 2.39. The van der Waals surface area contributed by atoms with Gasteiger partial charge in [-0.2, -0.15) is 0 Å². The Morgan fingerprint density at radius 3 is 2.82 bits per heavy atom. The van der Waals surface area contributed by atoms with Crippen LogP contribution in [0.4, 0.5) is 14.6 Å². The molecule has 1 aliphatic heterocycles. The first-order chi connectivity index (χ1) is 10.5. The van der Waals surface area contributed by atoms with Crippen molar-refractivity contribution in [1.82, 2.24) is 9.97 Å². The Bertz CT molecular complexity index is 752. The predicted molar refractivity (Wildman–Crippen MR) is 74.6 cm³/mol. The van der Waals surface area contributed by atoms with Crippen LogP contribution in [0.3, 0.4) is 0 Å². The average Bonchev–Trinajstić information content (AvgIpc) is 2.85. The summed E-state index contributed by atoms with van der Waals surface area (Å²) in [6.45, 7) is 2.27. The maximum atomic E-state index is 13.5. The normalized spacial score (nSPS) is 16.7. The van der Waals surface area contributed by atoms with Crippen molar-refractivity contribution in [3.05, 3.63) is 53.0 Å². The number of carboxylic acids is 1. The zero-order chi connectivity index (χ0) is 15.9. The van der Waals surface area contributed by atoms with E-state index in [-0.39, 0.29) is 11.9 Å². The Hall–Kier alpha value is -2.57. The van der Waals surface area contributed by atoms with Crippen LogP contribution in [0.15, 0.2) is 24.4 Å². The van der Waals surface area contributed by atoms with Gasteiger partial charge in [-0.25, -0.2) is 23.5 Å². The summed E-state index contributed by atoms with van der Waals surface area (Å²) in [4.78, 5) is 20.5. The molecule has 1 aromatic carbocycles. The molecular weight excluding hydrogens is 292 g/mol. The Morgan fingerprint density at radius 1 is 1.41 bits per heavy atom. The van der Waals surface area contributed by atoms with Crippen LogP contribution in [0.2, 0.25) is 0 Å². The molecule has 1 atom stereocenters. The average molecular weight is 305 g/mol. The summed E-state index contributed by atoms with van der Waals surface area (Å²) < 4.78 is 26.9. The van der Waals surface area contributed by atoms with Crippen molar-refractivity contribution in [1.29, 1.82) is 0 Å². The molecule has 3 rings (SSSR count). The molecule has 0 bridgehead atoms. The van der Waals surface area contributed by atoms with Gasteiger partial charge in [0.15, 0.2) is 11.6 Å². The highest BCUT2D eigenvalue weighted by Gasteiger charge is 2.31. The maximum absolute atomic E-state index is 13.5. The van der Waals surface area contributed by atoms with Gasteiger partial charge in [-0.15, -0.1) is 0 Å². The number of halogens is 2. The molecule has 0 spiro atoms. The molecule has 0 saturated carbocycles. The second-order valence-corrected chi connectivity index (χ2v) is 5.06. The van der Waals surface area contributed by atoms with Crippen LogP contribution in [0.1, 0.15) is 41.1 Å². The van der Waals surface area contributed by atoms with E-state index in [1.165, 1.54) is 18.3 Å². The van der Waals surface area contributed by atoms with Crippen LogP contribution in [0, 0.1) is 11.6 Å². The first-order valence-corrected chi connectivity index (χ1v) is 6.82. The second-order valence-electron chi connectivity index (χ2n) is 5.06. The van der Waals surface area contributed by atoms with E-state index in [0.717, 1.165) is 0 Å². The van der Waals surface area contributed by atoms with Crippen LogP contribution in [0.5, 0.6) is 0 Å². The molecule has 0 aliphatic carbocycles. The molecule has 0 saturated heterocycles. The Kier molecular flexibility index (Phi) is 3.48. The van der Waals surface area contributed by atoms with Crippen molar-refractivity contribution in [2.75, 3.05) is 4.90 Å². The number of carbonyl (C=O) groups is 1. The largest absolute Gasteiger partial charge is 0.475 e. The fraction of sp³-hybridized carbons (Fsp3) is 0.267. The molecule has 0 radical (unpaired) electrons. The quantitative estimate of drug-likeness (QED) is 0.944. The van der Waals surface area contributed by atoms with E-state index >= 15 is 0 Å². The number of nitrogens with zero attached hydrogens (tertiary/aromatic N) is 3. The number of aromatic carboxylic acids is 1. The lowest BCUT2D eigenvalue weighted by Crippen LogP contribution is -2.23. The molecule has 5 nitrogen and oxygen atoms in total. The lowest BCUT2D eigenvalue weighted by Gasteiger charge is -2.25. The van der Waals surface area contributed by atoms with Gasteiger partial charge in [0.25, 0.3) is 0 Å². The van der Waals surface area contributed by atoms with Crippen molar-refractivity contribution >= 4 is 11.8 Å². The van der Waals surface area contributed by atoms with E-state index in [4.69, 9.17) is 5.11 Å². The second kappa shape index (κ2) is 5.32. The molecule has 1 aliphatic rings. The molecule has 2 aromatic rings. The fourth-order valence-electron chi connectivity index (χ4n) is 2.81. The number of hydrogen-bond donors (Lipinski definition) is 1. The van der Waals surface area contributed by atoms with Crippen LogP contribution in [-0.4, -0.2) is 21.0 Å². The third-order valence-electron chi connectivity index (χ3n) is 3.77. The molecule has 1 unspecified atom stereocenters. The molecular formula is C15H13F2N3O2. The number of anilines is 1. The van der Waals surface area contributed by atoms with Crippen LogP contribution in [-0.2, 0) is 6.54 Å². The number of hydrogen-bond acceptors (Lipinski definition) is 4. The molecule has 2 heterocycles. The van der Waals surface area contributed by atoms with Gasteiger partial charge in [-0.1, -0.05) is 6.92 Å².